The lowest BCUT2D eigenvalue weighted by Crippen LogP contribution is -2.59. The highest BCUT2D eigenvalue weighted by Gasteiger charge is 2.32. The van der Waals surface area contributed by atoms with Crippen molar-refractivity contribution >= 4 is 52.5 Å². The Balaban J connectivity index is 1.50. The van der Waals surface area contributed by atoms with Crippen LogP contribution in [0.4, 0.5) is 0 Å². The Hall–Kier alpha value is -5.20. The third-order valence-corrected chi connectivity index (χ3v) is 9.00. The zero-order valence-electron chi connectivity index (χ0n) is 26.3. The highest BCUT2D eigenvalue weighted by atomic mass is 35.5. The highest BCUT2D eigenvalue weighted by molar-refractivity contribution is 7.09. The van der Waals surface area contributed by atoms with Gasteiger partial charge in [-0.05, 0) is 52.4 Å². The molecule has 4 atom stereocenters. The normalized spacial score (nSPS) is 20.8. The number of halogens is 1. The van der Waals surface area contributed by atoms with E-state index >= 15 is 0 Å². The second-order valence-electron chi connectivity index (χ2n) is 11.6. The smallest absolute Gasteiger partial charge is 0.326 e. The van der Waals surface area contributed by atoms with E-state index in [1.54, 1.807) is 72.8 Å². The molecule has 2 aliphatic heterocycles. The first-order valence-electron chi connectivity index (χ1n) is 15.6. The number of aliphatic carboxylic acids is 1. The molecule has 3 aromatic carbocycles. The van der Waals surface area contributed by atoms with Gasteiger partial charge >= 0.3 is 5.97 Å². The van der Waals surface area contributed by atoms with Crippen molar-refractivity contribution in [1.29, 1.82) is 0 Å². The van der Waals surface area contributed by atoms with E-state index in [9.17, 15) is 29.1 Å². The first-order chi connectivity index (χ1) is 23.6. The van der Waals surface area contributed by atoms with Gasteiger partial charge in [0.25, 0.3) is 5.91 Å². The minimum Gasteiger partial charge on any atom is -0.484 e. The molecule has 0 saturated carbocycles. The van der Waals surface area contributed by atoms with Gasteiger partial charge in [-0.15, -0.1) is 11.3 Å². The number of carboxylic acid groups (broad SMARTS) is 1. The maximum Gasteiger partial charge on any atom is 0.326 e. The molecule has 0 spiro atoms. The molecular weight excluding hydrogens is 668 g/mol. The topological polar surface area (TPSA) is 163 Å². The van der Waals surface area contributed by atoms with Gasteiger partial charge in [-0.1, -0.05) is 72.3 Å². The standard InChI is InChI=1S/C36H35ClN4O7S/c37-25-9-4-8-24(16-25)19-29-33(43)39-28(17-22-6-2-1-3-7-22)34(44)41-31(36(46)47)18-23-11-13-26(14-12-23)48-21-32(42)38-30(35(45)40-29)20-27-10-5-15-49-27/h1-16,28-31H,17-21H2,(H,38,42)(H,39,43)(H,40,45)(H,41,44)(H,46,47). The quantitative estimate of drug-likeness (QED) is 0.185. The van der Waals surface area contributed by atoms with Gasteiger partial charge in [0.05, 0.1) is 0 Å². The summed E-state index contributed by atoms with van der Waals surface area (Å²) in [6.07, 6.45) is 0.161. The van der Waals surface area contributed by atoms with Crippen molar-refractivity contribution in [3.63, 3.8) is 0 Å². The second kappa shape index (κ2) is 16.8. The van der Waals surface area contributed by atoms with Crippen molar-refractivity contribution in [2.45, 2.75) is 49.9 Å². The number of benzene rings is 3. The summed E-state index contributed by atoms with van der Waals surface area (Å²) in [6, 6.07) is 21.1. The van der Waals surface area contributed by atoms with Crippen LogP contribution in [-0.2, 0) is 49.7 Å². The van der Waals surface area contributed by atoms with Gasteiger partial charge in [0.15, 0.2) is 6.61 Å². The Morgan fingerprint density at radius 2 is 1.37 bits per heavy atom. The van der Waals surface area contributed by atoms with Gasteiger partial charge in [0, 0.05) is 35.6 Å². The monoisotopic (exact) mass is 702 g/mol. The summed E-state index contributed by atoms with van der Waals surface area (Å²) >= 11 is 7.65. The highest BCUT2D eigenvalue weighted by Crippen LogP contribution is 2.17. The molecule has 0 radical (unpaired) electrons. The number of amides is 4. The van der Waals surface area contributed by atoms with Crippen LogP contribution in [0.15, 0.2) is 96.4 Å². The molecule has 49 heavy (non-hydrogen) atoms. The van der Waals surface area contributed by atoms with Crippen molar-refractivity contribution in [3.8, 4) is 5.75 Å². The minimum atomic E-state index is -1.32. The fraction of sp³-hybridized carbons (Fsp3) is 0.250. The molecule has 4 unspecified atom stereocenters. The number of ether oxygens (including phenoxy) is 1. The van der Waals surface area contributed by atoms with Gasteiger partial charge in [-0.3, -0.25) is 19.2 Å². The van der Waals surface area contributed by atoms with Gasteiger partial charge in [0.1, 0.15) is 29.9 Å². The average molecular weight is 703 g/mol. The van der Waals surface area contributed by atoms with Crippen molar-refractivity contribution in [3.05, 3.63) is 123 Å². The first kappa shape index (κ1) is 35.1. The molecule has 13 heteroatoms. The third-order valence-electron chi connectivity index (χ3n) is 7.86. The number of carbonyl (C=O) groups is 5. The number of thiophene rings is 1. The van der Waals surface area contributed by atoms with E-state index < -0.39 is 60.4 Å². The van der Waals surface area contributed by atoms with E-state index in [4.69, 9.17) is 16.3 Å². The van der Waals surface area contributed by atoms with Crippen LogP contribution in [0.25, 0.3) is 0 Å². The summed E-state index contributed by atoms with van der Waals surface area (Å²) in [5.74, 6) is -3.48. The van der Waals surface area contributed by atoms with Gasteiger partial charge in [0.2, 0.25) is 17.7 Å². The lowest BCUT2D eigenvalue weighted by Gasteiger charge is -2.26. The van der Waals surface area contributed by atoms with E-state index in [0.717, 1.165) is 10.4 Å². The van der Waals surface area contributed by atoms with Crippen LogP contribution in [0.3, 0.4) is 0 Å². The molecule has 11 nitrogen and oxygen atoms in total. The Labute approximate surface area is 292 Å². The zero-order valence-corrected chi connectivity index (χ0v) is 27.8. The molecule has 3 heterocycles. The van der Waals surface area contributed by atoms with Crippen molar-refractivity contribution in [2.75, 3.05) is 6.61 Å². The van der Waals surface area contributed by atoms with Gasteiger partial charge < -0.3 is 31.1 Å². The molecule has 254 valence electrons. The fourth-order valence-corrected chi connectivity index (χ4v) is 6.33. The molecule has 2 bridgehead atoms. The van der Waals surface area contributed by atoms with Crippen molar-refractivity contribution < 1.29 is 33.8 Å². The van der Waals surface area contributed by atoms with Crippen LogP contribution in [0.1, 0.15) is 21.6 Å². The van der Waals surface area contributed by atoms with E-state index in [1.807, 2.05) is 23.6 Å². The molecule has 4 amide bonds. The maximum atomic E-state index is 14.1. The Morgan fingerprint density at radius 1 is 0.735 bits per heavy atom. The number of carboxylic acids is 1. The molecule has 0 saturated heterocycles. The largest absolute Gasteiger partial charge is 0.484 e. The fourth-order valence-electron chi connectivity index (χ4n) is 5.37. The van der Waals surface area contributed by atoms with Crippen molar-refractivity contribution in [2.24, 2.45) is 0 Å². The first-order valence-corrected chi connectivity index (χ1v) is 16.8. The Bertz CT molecular complexity index is 1770. The van der Waals surface area contributed by atoms with E-state index in [1.165, 1.54) is 11.3 Å². The van der Waals surface area contributed by atoms with Gasteiger partial charge in [-0.2, -0.15) is 0 Å². The predicted molar refractivity (Wildman–Crippen MR) is 184 cm³/mol. The van der Waals surface area contributed by atoms with Gasteiger partial charge in [-0.25, -0.2) is 4.79 Å². The predicted octanol–water partition coefficient (Wildman–Crippen LogP) is 3.09. The Morgan fingerprint density at radius 3 is 2.00 bits per heavy atom. The summed E-state index contributed by atoms with van der Waals surface area (Å²) in [7, 11) is 0. The third kappa shape index (κ3) is 10.4. The number of carbonyl (C=O) groups excluding carboxylic acids is 4. The molecular formula is C36H35ClN4O7S. The summed E-state index contributed by atoms with van der Waals surface area (Å²) in [5, 5.41) is 23.2. The SMILES string of the molecule is O=C1COc2ccc(cc2)CC(C(=O)O)NC(=O)C(Cc2ccccc2)NC(=O)C(Cc2cccc(Cl)c2)NC(=O)C(Cc2cccs2)N1. The number of fused-ring (bicyclic) bond motifs is 16. The molecule has 2 aliphatic rings. The second-order valence-corrected chi connectivity index (χ2v) is 13.1. The summed E-state index contributed by atoms with van der Waals surface area (Å²) in [6.45, 7) is -0.394. The van der Waals surface area contributed by atoms with E-state index in [0.29, 0.717) is 21.9 Å². The van der Waals surface area contributed by atoms with E-state index in [2.05, 4.69) is 21.3 Å². The number of hydrogen-bond donors (Lipinski definition) is 5. The molecule has 6 rings (SSSR count). The summed E-state index contributed by atoms with van der Waals surface area (Å²) in [4.78, 5) is 67.8. The lowest BCUT2D eigenvalue weighted by atomic mass is 10.0. The lowest BCUT2D eigenvalue weighted by molar-refractivity contribution is -0.142. The molecule has 5 N–H and O–H groups in total. The number of rotatable bonds is 7. The van der Waals surface area contributed by atoms with Crippen LogP contribution in [0, 0.1) is 0 Å². The van der Waals surface area contributed by atoms with Crippen LogP contribution in [0.2, 0.25) is 5.02 Å². The minimum absolute atomic E-state index is 0.00627. The molecule has 0 aliphatic carbocycles. The van der Waals surface area contributed by atoms with Crippen molar-refractivity contribution in [1.82, 2.24) is 21.3 Å². The van der Waals surface area contributed by atoms with Crippen LogP contribution < -0.4 is 26.0 Å². The molecule has 0 fully saturated rings. The summed E-state index contributed by atoms with van der Waals surface area (Å²) < 4.78 is 5.64. The van der Waals surface area contributed by atoms with Crippen LogP contribution in [0.5, 0.6) is 5.75 Å². The maximum absolute atomic E-state index is 14.1. The number of nitrogens with one attached hydrogen (secondary N) is 4. The molecule has 1 aromatic heterocycles. The van der Waals surface area contributed by atoms with Crippen LogP contribution in [-0.4, -0.2) is 65.5 Å². The van der Waals surface area contributed by atoms with E-state index in [-0.39, 0.29) is 25.7 Å². The summed E-state index contributed by atoms with van der Waals surface area (Å²) in [5.41, 5.74) is 1.95. The molecule has 4 aromatic rings. The van der Waals surface area contributed by atoms with Crippen LogP contribution >= 0.6 is 22.9 Å². The average Bonchev–Trinajstić information content (AvgIpc) is 3.60. The number of hydrogen-bond acceptors (Lipinski definition) is 7. The Kier molecular flexibility index (Phi) is 12.0. The zero-order chi connectivity index (χ0) is 34.8.